The summed E-state index contributed by atoms with van der Waals surface area (Å²) in [5.41, 5.74) is 4.81. The number of likely N-dealkylation sites (tertiary alicyclic amines) is 1. The Bertz CT molecular complexity index is 760. The maximum absolute atomic E-state index is 11.6. The van der Waals surface area contributed by atoms with Crippen molar-refractivity contribution in [1.82, 2.24) is 4.90 Å². The molecule has 1 saturated heterocycles. The van der Waals surface area contributed by atoms with E-state index in [0.29, 0.717) is 13.1 Å². The van der Waals surface area contributed by atoms with Crippen molar-refractivity contribution in [1.29, 1.82) is 0 Å². The molecule has 0 spiro atoms. The molecule has 1 amide bonds. The Morgan fingerprint density at radius 3 is 2.04 bits per heavy atom. The third-order valence-electron chi connectivity index (χ3n) is 5.83. The number of allylic oxidation sites excluding steroid dienone is 1. The third-order valence-corrected chi connectivity index (χ3v) is 5.83. The first-order valence-corrected chi connectivity index (χ1v) is 9.76. The first kappa shape index (κ1) is 19.2. The fourth-order valence-electron chi connectivity index (χ4n) is 4.27. The summed E-state index contributed by atoms with van der Waals surface area (Å²) >= 11 is 0. The average molecular weight is 364 g/mol. The molecule has 3 rings (SSSR count). The second-order valence-electron chi connectivity index (χ2n) is 7.62. The van der Waals surface area contributed by atoms with Crippen LogP contribution < -0.4 is 0 Å². The fourth-order valence-corrected chi connectivity index (χ4v) is 4.27. The Balaban J connectivity index is 2.17. The maximum atomic E-state index is 11.6. The van der Waals surface area contributed by atoms with Crippen molar-refractivity contribution in [2.75, 3.05) is 13.1 Å². The van der Waals surface area contributed by atoms with Gasteiger partial charge in [0.2, 0.25) is 0 Å². The average Bonchev–Trinajstić information content (AvgIpc) is 2.67. The van der Waals surface area contributed by atoms with Gasteiger partial charge in [-0.15, -0.1) is 0 Å². The number of nitrogens with zero attached hydrogens (tertiary/aromatic N) is 1. The van der Waals surface area contributed by atoms with Crippen LogP contribution in [0.25, 0.3) is 0 Å². The summed E-state index contributed by atoms with van der Waals surface area (Å²) in [6, 6.07) is 17.5. The van der Waals surface area contributed by atoms with E-state index in [0.717, 1.165) is 12.8 Å². The zero-order chi connectivity index (χ0) is 19.4. The van der Waals surface area contributed by atoms with Crippen LogP contribution in [0.5, 0.6) is 0 Å². The van der Waals surface area contributed by atoms with Gasteiger partial charge in [-0.2, -0.15) is 0 Å². The molecule has 0 aromatic heterocycles. The Hall–Kier alpha value is -2.55. The lowest BCUT2D eigenvalue weighted by Crippen LogP contribution is -2.51. The molecule has 0 bridgehead atoms. The van der Waals surface area contributed by atoms with Gasteiger partial charge in [0, 0.05) is 24.4 Å². The Morgan fingerprint density at radius 1 is 1.07 bits per heavy atom. The Morgan fingerprint density at radius 2 is 1.59 bits per heavy atom. The predicted octanol–water partition coefficient (Wildman–Crippen LogP) is 5.56. The molecule has 2 aromatic carbocycles. The molecule has 0 radical (unpaired) electrons. The second kappa shape index (κ2) is 7.99. The predicted molar refractivity (Wildman–Crippen MR) is 110 cm³/mol. The van der Waals surface area contributed by atoms with E-state index < -0.39 is 6.09 Å². The van der Waals surface area contributed by atoms with Gasteiger partial charge in [-0.25, -0.2) is 4.79 Å². The lowest BCUT2D eigenvalue weighted by Gasteiger charge is -2.47. The van der Waals surface area contributed by atoms with Crippen LogP contribution in [0.3, 0.4) is 0 Å². The molecule has 3 heteroatoms. The van der Waals surface area contributed by atoms with Crippen molar-refractivity contribution >= 4 is 6.09 Å². The van der Waals surface area contributed by atoms with Crippen molar-refractivity contribution in [3.05, 3.63) is 82.9 Å². The van der Waals surface area contributed by atoms with Gasteiger partial charge in [0.25, 0.3) is 0 Å². The SMILES string of the molecule is CCC=CC1CN(C(=O)O)CCC1(c1ccc(C)cc1)c1ccc(C)cc1. The van der Waals surface area contributed by atoms with Crippen molar-refractivity contribution in [3.63, 3.8) is 0 Å². The van der Waals surface area contributed by atoms with E-state index in [1.54, 1.807) is 4.90 Å². The van der Waals surface area contributed by atoms with Crippen LogP contribution in [-0.2, 0) is 5.41 Å². The standard InChI is InChI=1S/C24H29NO2/c1-4-5-6-22-17-25(23(26)27)16-15-24(22,20-11-7-18(2)8-12-20)21-13-9-19(3)10-14-21/h5-14,22H,4,15-17H2,1-3H3,(H,26,27). The van der Waals surface area contributed by atoms with Gasteiger partial charge >= 0.3 is 6.09 Å². The van der Waals surface area contributed by atoms with Gasteiger partial charge in [-0.1, -0.05) is 78.7 Å². The number of amides is 1. The van der Waals surface area contributed by atoms with Crippen molar-refractivity contribution in [2.24, 2.45) is 5.92 Å². The topological polar surface area (TPSA) is 40.5 Å². The number of piperidine rings is 1. The van der Waals surface area contributed by atoms with E-state index in [-0.39, 0.29) is 11.3 Å². The van der Waals surface area contributed by atoms with Crippen molar-refractivity contribution in [3.8, 4) is 0 Å². The molecular formula is C24H29NO2. The van der Waals surface area contributed by atoms with E-state index in [9.17, 15) is 9.90 Å². The van der Waals surface area contributed by atoms with Crippen LogP contribution in [0.4, 0.5) is 4.79 Å². The number of benzene rings is 2. The van der Waals surface area contributed by atoms with Gasteiger partial charge < -0.3 is 10.0 Å². The summed E-state index contributed by atoms with van der Waals surface area (Å²) in [5.74, 6) is 0.104. The summed E-state index contributed by atoms with van der Waals surface area (Å²) in [7, 11) is 0. The third kappa shape index (κ3) is 3.78. The smallest absolute Gasteiger partial charge is 0.407 e. The first-order valence-electron chi connectivity index (χ1n) is 9.76. The monoisotopic (exact) mass is 363 g/mol. The lowest BCUT2D eigenvalue weighted by molar-refractivity contribution is 0.106. The molecule has 2 aromatic rings. The first-order chi connectivity index (χ1) is 13.0. The van der Waals surface area contributed by atoms with Crippen LogP contribution in [0.1, 0.15) is 42.0 Å². The highest BCUT2D eigenvalue weighted by Crippen LogP contribution is 2.46. The normalized spacial score (nSPS) is 19.4. The van der Waals surface area contributed by atoms with Crippen LogP contribution >= 0.6 is 0 Å². The molecule has 0 saturated carbocycles. The maximum Gasteiger partial charge on any atom is 0.407 e. The lowest BCUT2D eigenvalue weighted by atomic mass is 9.61. The highest BCUT2D eigenvalue weighted by atomic mass is 16.4. The van der Waals surface area contributed by atoms with Gasteiger partial charge in [0.15, 0.2) is 0 Å². The molecule has 3 nitrogen and oxygen atoms in total. The van der Waals surface area contributed by atoms with Gasteiger partial charge in [0.1, 0.15) is 0 Å². The van der Waals surface area contributed by atoms with E-state index in [2.05, 4.69) is 81.5 Å². The second-order valence-corrected chi connectivity index (χ2v) is 7.62. The number of carboxylic acid groups (broad SMARTS) is 1. The molecular weight excluding hydrogens is 334 g/mol. The quantitative estimate of drug-likeness (QED) is 0.723. The molecule has 142 valence electrons. The number of aryl methyl sites for hydroxylation is 2. The molecule has 1 aliphatic rings. The fraction of sp³-hybridized carbons (Fsp3) is 0.375. The van der Waals surface area contributed by atoms with Crippen LogP contribution in [-0.4, -0.2) is 29.2 Å². The molecule has 0 aliphatic carbocycles. The minimum absolute atomic E-state index is 0.104. The molecule has 1 fully saturated rings. The zero-order valence-electron chi connectivity index (χ0n) is 16.5. The number of hydrogen-bond acceptors (Lipinski definition) is 1. The van der Waals surface area contributed by atoms with Gasteiger partial charge in [0.05, 0.1) is 0 Å². The number of carbonyl (C=O) groups is 1. The molecule has 27 heavy (non-hydrogen) atoms. The number of rotatable bonds is 4. The summed E-state index contributed by atoms with van der Waals surface area (Å²) in [6.07, 6.45) is 5.31. The van der Waals surface area contributed by atoms with Crippen LogP contribution in [0, 0.1) is 19.8 Å². The summed E-state index contributed by atoms with van der Waals surface area (Å²) in [5, 5.41) is 9.57. The van der Waals surface area contributed by atoms with E-state index in [4.69, 9.17) is 0 Å². The Labute approximate surface area is 162 Å². The van der Waals surface area contributed by atoms with E-state index >= 15 is 0 Å². The van der Waals surface area contributed by atoms with Crippen LogP contribution in [0.2, 0.25) is 0 Å². The van der Waals surface area contributed by atoms with Crippen molar-refractivity contribution < 1.29 is 9.90 Å². The highest BCUT2D eigenvalue weighted by molar-refractivity contribution is 5.65. The molecule has 1 unspecified atom stereocenters. The van der Waals surface area contributed by atoms with E-state index in [1.807, 2.05) is 0 Å². The van der Waals surface area contributed by atoms with Crippen LogP contribution in [0.15, 0.2) is 60.7 Å². The minimum atomic E-state index is -0.827. The summed E-state index contributed by atoms with van der Waals surface area (Å²) < 4.78 is 0. The summed E-state index contributed by atoms with van der Waals surface area (Å²) in [6.45, 7) is 7.39. The highest BCUT2D eigenvalue weighted by Gasteiger charge is 2.45. The van der Waals surface area contributed by atoms with Gasteiger partial charge in [-0.05, 0) is 37.8 Å². The molecule has 1 atom stereocenters. The zero-order valence-corrected chi connectivity index (χ0v) is 16.5. The Kier molecular flexibility index (Phi) is 5.69. The van der Waals surface area contributed by atoms with Crippen molar-refractivity contribution in [2.45, 2.75) is 39.0 Å². The molecule has 1 N–H and O–H groups in total. The molecule has 1 heterocycles. The number of hydrogen-bond donors (Lipinski definition) is 1. The van der Waals surface area contributed by atoms with E-state index in [1.165, 1.54) is 22.3 Å². The molecule has 1 aliphatic heterocycles. The van der Waals surface area contributed by atoms with Gasteiger partial charge in [-0.3, -0.25) is 0 Å². The largest absolute Gasteiger partial charge is 0.465 e. The summed E-state index contributed by atoms with van der Waals surface area (Å²) in [4.78, 5) is 13.2. The minimum Gasteiger partial charge on any atom is -0.465 e.